The molecule has 0 saturated carbocycles. The number of rotatable bonds is 4. The van der Waals surface area contributed by atoms with Gasteiger partial charge in [-0.25, -0.2) is 0 Å². The summed E-state index contributed by atoms with van der Waals surface area (Å²) in [4.78, 5) is 14.1. The van der Waals surface area contributed by atoms with E-state index in [1.165, 1.54) is 6.20 Å². The minimum atomic E-state index is -0.103. The number of aromatic nitrogens is 2. The number of thiocarbonyl (C=S) groups is 1. The molecule has 5 nitrogen and oxygen atoms in total. The maximum Gasteiger partial charge on any atom is 0.257 e. The van der Waals surface area contributed by atoms with Gasteiger partial charge < -0.3 is 10.6 Å². The van der Waals surface area contributed by atoms with Crippen molar-refractivity contribution < 1.29 is 4.79 Å². The second-order valence-electron chi connectivity index (χ2n) is 3.90. The number of nitrogens with zero attached hydrogens (tertiary/aromatic N) is 2. The SMILES string of the molecule is Cc1[nH]ncc1C(=O)N(CC(N)=S)C(C)C. The van der Waals surface area contributed by atoms with Crippen molar-refractivity contribution in [2.75, 3.05) is 6.54 Å². The topological polar surface area (TPSA) is 75.0 Å². The highest BCUT2D eigenvalue weighted by molar-refractivity contribution is 7.80. The lowest BCUT2D eigenvalue weighted by Gasteiger charge is -2.25. The summed E-state index contributed by atoms with van der Waals surface area (Å²) >= 11 is 4.83. The third kappa shape index (κ3) is 2.79. The molecule has 0 aliphatic heterocycles. The van der Waals surface area contributed by atoms with Crippen LogP contribution in [0.4, 0.5) is 0 Å². The Bertz CT molecular complexity index is 399. The van der Waals surface area contributed by atoms with Crippen LogP contribution in [0.15, 0.2) is 6.20 Å². The van der Waals surface area contributed by atoms with Gasteiger partial charge in [0, 0.05) is 11.7 Å². The van der Waals surface area contributed by atoms with Crippen molar-refractivity contribution >= 4 is 23.1 Å². The molecule has 1 heterocycles. The molecule has 16 heavy (non-hydrogen) atoms. The summed E-state index contributed by atoms with van der Waals surface area (Å²) in [5.41, 5.74) is 6.78. The summed E-state index contributed by atoms with van der Waals surface area (Å²) in [6.07, 6.45) is 1.52. The van der Waals surface area contributed by atoms with Crippen molar-refractivity contribution in [2.45, 2.75) is 26.8 Å². The molecule has 6 heteroatoms. The normalized spacial score (nSPS) is 10.5. The highest BCUT2D eigenvalue weighted by Crippen LogP contribution is 2.10. The number of amides is 1. The lowest BCUT2D eigenvalue weighted by Crippen LogP contribution is -2.42. The minimum Gasteiger partial charge on any atom is -0.392 e. The number of H-pyrrole nitrogens is 1. The number of carbonyl (C=O) groups excluding carboxylic acids is 1. The maximum atomic E-state index is 12.2. The van der Waals surface area contributed by atoms with E-state index < -0.39 is 0 Å². The van der Waals surface area contributed by atoms with Crippen molar-refractivity contribution in [3.63, 3.8) is 0 Å². The van der Waals surface area contributed by atoms with Crippen LogP contribution in [-0.2, 0) is 0 Å². The molecule has 1 aromatic heterocycles. The van der Waals surface area contributed by atoms with E-state index in [-0.39, 0.29) is 18.5 Å². The Hall–Kier alpha value is -1.43. The predicted molar refractivity (Wildman–Crippen MR) is 66.3 cm³/mol. The largest absolute Gasteiger partial charge is 0.392 e. The molecule has 3 N–H and O–H groups in total. The van der Waals surface area contributed by atoms with E-state index >= 15 is 0 Å². The van der Waals surface area contributed by atoms with Crippen molar-refractivity contribution in [1.29, 1.82) is 0 Å². The second-order valence-corrected chi connectivity index (χ2v) is 4.43. The van der Waals surface area contributed by atoms with Crippen LogP contribution < -0.4 is 5.73 Å². The second kappa shape index (κ2) is 5.07. The Balaban J connectivity index is 2.92. The smallest absolute Gasteiger partial charge is 0.257 e. The van der Waals surface area contributed by atoms with Crippen LogP contribution in [-0.4, -0.2) is 38.6 Å². The maximum absolute atomic E-state index is 12.2. The third-order valence-electron chi connectivity index (χ3n) is 2.27. The van der Waals surface area contributed by atoms with E-state index in [9.17, 15) is 4.79 Å². The van der Waals surface area contributed by atoms with Gasteiger partial charge in [-0.2, -0.15) is 5.10 Å². The molecular formula is C10H16N4OS. The fourth-order valence-electron chi connectivity index (χ4n) is 1.38. The third-order valence-corrected chi connectivity index (χ3v) is 2.40. The number of aromatic amines is 1. The van der Waals surface area contributed by atoms with Crippen molar-refractivity contribution in [1.82, 2.24) is 15.1 Å². The zero-order valence-electron chi connectivity index (χ0n) is 9.65. The van der Waals surface area contributed by atoms with Gasteiger partial charge in [0.2, 0.25) is 0 Å². The summed E-state index contributed by atoms with van der Waals surface area (Å²) in [7, 11) is 0. The molecule has 0 saturated heterocycles. The number of carbonyl (C=O) groups is 1. The fourth-order valence-corrected chi connectivity index (χ4v) is 1.52. The molecule has 0 aliphatic rings. The lowest BCUT2D eigenvalue weighted by atomic mass is 10.2. The summed E-state index contributed by atoms with van der Waals surface area (Å²) < 4.78 is 0. The van der Waals surface area contributed by atoms with E-state index in [0.717, 1.165) is 5.69 Å². The predicted octanol–water partition coefficient (Wildman–Crippen LogP) is 0.855. The van der Waals surface area contributed by atoms with Crippen LogP contribution in [0.5, 0.6) is 0 Å². The van der Waals surface area contributed by atoms with Crippen LogP contribution in [0.2, 0.25) is 0 Å². The van der Waals surface area contributed by atoms with Crippen LogP contribution in [0.25, 0.3) is 0 Å². The molecule has 0 aromatic carbocycles. The molecule has 1 aromatic rings. The summed E-state index contributed by atoms with van der Waals surface area (Å²) in [5.74, 6) is -0.103. The van der Waals surface area contributed by atoms with Gasteiger partial charge in [0.15, 0.2) is 0 Å². The summed E-state index contributed by atoms with van der Waals surface area (Å²) in [5, 5.41) is 6.56. The standard InChI is InChI=1S/C10H16N4OS/c1-6(2)14(5-9(11)16)10(15)8-4-12-13-7(8)3/h4,6H,5H2,1-3H3,(H2,11,16)(H,12,13). The number of nitrogens with one attached hydrogen (secondary N) is 1. The van der Waals surface area contributed by atoms with Gasteiger partial charge in [-0.05, 0) is 20.8 Å². The van der Waals surface area contributed by atoms with E-state index in [2.05, 4.69) is 10.2 Å². The molecule has 88 valence electrons. The quantitative estimate of drug-likeness (QED) is 0.765. The summed E-state index contributed by atoms with van der Waals surface area (Å²) in [6.45, 7) is 5.94. The van der Waals surface area contributed by atoms with Gasteiger partial charge in [0.1, 0.15) is 0 Å². The van der Waals surface area contributed by atoms with Crippen LogP contribution in [0.1, 0.15) is 29.9 Å². The monoisotopic (exact) mass is 240 g/mol. The average Bonchev–Trinajstić information content (AvgIpc) is 2.59. The average molecular weight is 240 g/mol. The Kier molecular flexibility index (Phi) is 4.00. The van der Waals surface area contributed by atoms with Crippen molar-refractivity contribution in [3.8, 4) is 0 Å². The highest BCUT2D eigenvalue weighted by atomic mass is 32.1. The molecular weight excluding hydrogens is 224 g/mol. The molecule has 1 amide bonds. The zero-order valence-corrected chi connectivity index (χ0v) is 10.5. The number of aryl methyl sites for hydroxylation is 1. The lowest BCUT2D eigenvalue weighted by molar-refractivity contribution is 0.0735. The van der Waals surface area contributed by atoms with Crippen molar-refractivity contribution in [3.05, 3.63) is 17.5 Å². The van der Waals surface area contributed by atoms with Crippen molar-refractivity contribution in [2.24, 2.45) is 5.73 Å². The Labute approximate surface area is 100 Å². The molecule has 0 spiro atoms. The number of hydrogen-bond acceptors (Lipinski definition) is 3. The first-order chi connectivity index (χ1) is 7.43. The van der Waals surface area contributed by atoms with Gasteiger partial charge in [-0.15, -0.1) is 0 Å². The molecule has 0 aliphatic carbocycles. The zero-order chi connectivity index (χ0) is 12.3. The van der Waals surface area contributed by atoms with E-state index in [4.69, 9.17) is 18.0 Å². The molecule has 1 rings (SSSR count). The molecule has 0 radical (unpaired) electrons. The van der Waals surface area contributed by atoms with Gasteiger partial charge in [-0.3, -0.25) is 9.89 Å². The Morgan fingerprint density at radius 2 is 2.31 bits per heavy atom. The van der Waals surface area contributed by atoms with E-state index in [0.29, 0.717) is 10.6 Å². The van der Waals surface area contributed by atoms with E-state index in [1.54, 1.807) is 11.8 Å². The highest BCUT2D eigenvalue weighted by Gasteiger charge is 2.21. The first-order valence-corrected chi connectivity index (χ1v) is 5.43. The molecule has 0 unspecified atom stereocenters. The van der Waals surface area contributed by atoms with Crippen LogP contribution in [0, 0.1) is 6.92 Å². The van der Waals surface area contributed by atoms with Gasteiger partial charge in [-0.1, -0.05) is 12.2 Å². The Morgan fingerprint density at radius 1 is 1.69 bits per heavy atom. The van der Waals surface area contributed by atoms with E-state index in [1.807, 2.05) is 13.8 Å². The summed E-state index contributed by atoms with van der Waals surface area (Å²) in [6, 6.07) is 0.0447. The Morgan fingerprint density at radius 3 is 2.69 bits per heavy atom. The van der Waals surface area contributed by atoms with Gasteiger partial charge in [0.05, 0.1) is 23.3 Å². The number of hydrogen-bond donors (Lipinski definition) is 2. The van der Waals surface area contributed by atoms with Gasteiger partial charge in [0.25, 0.3) is 5.91 Å². The van der Waals surface area contributed by atoms with Crippen LogP contribution >= 0.6 is 12.2 Å². The number of nitrogens with two attached hydrogens (primary N) is 1. The first-order valence-electron chi connectivity index (χ1n) is 5.02. The minimum absolute atomic E-state index is 0.0447. The first kappa shape index (κ1) is 12.6. The molecule has 0 atom stereocenters. The fraction of sp³-hybridized carbons (Fsp3) is 0.500. The van der Waals surface area contributed by atoms with Gasteiger partial charge >= 0.3 is 0 Å². The molecule has 0 bridgehead atoms. The molecule has 0 fully saturated rings. The van der Waals surface area contributed by atoms with Crippen LogP contribution in [0.3, 0.4) is 0 Å².